The summed E-state index contributed by atoms with van der Waals surface area (Å²) in [6.45, 7) is 7.76. The molecule has 0 radical (unpaired) electrons. The van der Waals surface area contributed by atoms with Crippen LogP contribution in [0.4, 0.5) is 4.79 Å². The van der Waals surface area contributed by atoms with Crippen molar-refractivity contribution in [1.29, 1.82) is 0 Å². The molecule has 1 aliphatic heterocycles. The van der Waals surface area contributed by atoms with Gasteiger partial charge in [-0.2, -0.15) is 0 Å². The van der Waals surface area contributed by atoms with E-state index in [1.54, 1.807) is 33.2 Å². The lowest BCUT2D eigenvalue weighted by Gasteiger charge is -2.46. The highest BCUT2D eigenvalue weighted by atomic mass is 16.7. The molecule has 28 heavy (non-hydrogen) atoms. The van der Waals surface area contributed by atoms with Gasteiger partial charge in [0.1, 0.15) is 11.4 Å². The van der Waals surface area contributed by atoms with E-state index in [0.717, 1.165) is 5.56 Å². The van der Waals surface area contributed by atoms with Gasteiger partial charge in [0, 0.05) is 37.9 Å². The summed E-state index contributed by atoms with van der Waals surface area (Å²) in [6.07, 6.45) is 3.11. The zero-order valence-corrected chi connectivity index (χ0v) is 17.2. The molecule has 1 fully saturated rings. The number of carbonyl (C=O) groups is 2. The molecular weight excluding hydrogens is 364 g/mol. The molecule has 1 aliphatic rings. The maximum absolute atomic E-state index is 13.3. The molecule has 0 spiro atoms. The topological polar surface area (TPSA) is 98.2 Å². The van der Waals surface area contributed by atoms with Gasteiger partial charge in [0.05, 0.1) is 11.6 Å². The normalized spacial score (nSPS) is 22.6. The van der Waals surface area contributed by atoms with Crippen molar-refractivity contribution in [3.63, 3.8) is 0 Å². The van der Waals surface area contributed by atoms with Crippen molar-refractivity contribution >= 4 is 12.1 Å². The summed E-state index contributed by atoms with van der Waals surface area (Å²) in [5.74, 6) is -0.134. The second-order valence-corrected chi connectivity index (χ2v) is 8.02. The van der Waals surface area contributed by atoms with Crippen LogP contribution in [-0.2, 0) is 14.3 Å². The summed E-state index contributed by atoms with van der Waals surface area (Å²) in [7, 11) is 1.53. The van der Waals surface area contributed by atoms with E-state index in [2.05, 4.69) is 4.98 Å². The number of methoxy groups -OCH3 is 1. The van der Waals surface area contributed by atoms with Crippen LogP contribution in [-0.4, -0.2) is 59.6 Å². The third-order valence-corrected chi connectivity index (χ3v) is 5.06. The number of aromatic nitrogens is 1. The van der Waals surface area contributed by atoms with Crippen LogP contribution in [0.5, 0.6) is 5.75 Å². The minimum Gasteiger partial charge on any atom is -0.466 e. The van der Waals surface area contributed by atoms with Gasteiger partial charge >= 0.3 is 12.1 Å². The van der Waals surface area contributed by atoms with Gasteiger partial charge in [-0.1, -0.05) is 6.92 Å². The standard InChI is InChI=1S/C20H30N2O6/c1-6-20(17(23)28-19(2,3)4)12-22(18(24)25)10-8-15(20)14-7-9-21-11-16(14)27-13-26-5/h7,9,11,15H,6,8,10,12-13H2,1-5H3,(H,24,25). The summed E-state index contributed by atoms with van der Waals surface area (Å²) >= 11 is 0. The maximum Gasteiger partial charge on any atom is 0.407 e. The Balaban J connectivity index is 2.51. The maximum atomic E-state index is 13.3. The van der Waals surface area contributed by atoms with Gasteiger partial charge in [-0.3, -0.25) is 9.78 Å². The van der Waals surface area contributed by atoms with E-state index < -0.39 is 23.1 Å². The number of pyridine rings is 1. The average molecular weight is 394 g/mol. The van der Waals surface area contributed by atoms with Gasteiger partial charge in [0.15, 0.2) is 6.79 Å². The molecule has 1 N–H and O–H groups in total. The Hall–Kier alpha value is -2.35. The Morgan fingerprint density at radius 2 is 2.11 bits per heavy atom. The van der Waals surface area contributed by atoms with E-state index in [4.69, 9.17) is 14.2 Å². The molecule has 1 saturated heterocycles. The van der Waals surface area contributed by atoms with Gasteiger partial charge in [-0.15, -0.1) is 0 Å². The Bertz CT molecular complexity index is 702. The number of hydrogen-bond acceptors (Lipinski definition) is 6. The summed E-state index contributed by atoms with van der Waals surface area (Å²) in [4.78, 5) is 30.4. The Labute approximate surface area is 165 Å². The minimum absolute atomic E-state index is 0.0538. The molecule has 1 amide bonds. The number of ether oxygens (including phenoxy) is 3. The molecule has 156 valence electrons. The smallest absolute Gasteiger partial charge is 0.407 e. The van der Waals surface area contributed by atoms with Crippen molar-refractivity contribution in [3.05, 3.63) is 24.0 Å². The van der Waals surface area contributed by atoms with E-state index in [1.165, 1.54) is 12.0 Å². The van der Waals surface area contributed by atoms with Crippen LogP contribution in [0.2, 0.25) is 0 Å². The van der Waals surface area contributed by atoms with E-state index >= 15 is 0 Å². The lowest BCUT2D eigenvalue weighted by molar-refractivity contribution is -0.172. The fourth-order valence-electron chi connectivity index (χ4n) is 3.72. The summed E-state index contributed by atoms with van der Waals surface area (Å²) < 4.78 is 16.4. The number of piperidine rings is 1. The van der Waals surface area contributed by atoms with Crippen molar-refractivity contribution in [2.75, 3.05) is 27.0 Å². The highest BCUT2D eigenvalue weighted by molar-refractivity contribution is 5.80. The number of carbonyl (C=O) groups excluding carboxylic acids is 1. The molecule has 2 rings (SSSR count). The van der Waals surface area contributed by atoms with Crippen molar-refractivity contribution in [2.45, 2.75) is 52.1 Å². The van der Waals surface area contributed by atoms with Gasteiger partial charge in [-0.05, 0) is 39.7 Å². The molecule has 2 unspecified atom stereocenters. The third kappa shape index (κ3) is 4.73. The fourth-order valence-corrected chi connectivity index (χ4v) is 3.72. The molecule has 1 aromatic rings. The monoisotopic (exact) mass is 394 g/mol. The number of likely N-dealkylation sites (tertiary alicyclic amines) is 1. The van der Waals surface area contributed by atoms with Crippen LogP contribution < -0.4 is 4.74 Å². The fraction of sp³-hybridized carbons (Fsp3) is 0.650. The Morgan fingerprint density at radius 1 is 1.39 bits per heavy atom. The molecule has 1 aromatic heterocycles. The first-order chi connectivity index (χ1) is 13.1. The number of nitrogens with zero attached hydrogens (tertiary/aromatic N) is 2. The molecule has 2 heterocycles. The lowest BCUT2D eigenvalue weighted by Crippen LogP contribution is -2.54. The molecule has 0 bridgehead atoms. The number of rotatable bonds is 6. The molecular formula is C20H30N2O6. The van der Waals surface area contributed by atoms with Crippen LogP contribution in [0, 0.1) is 5.41 Å². The van der Waals surface area contributed by atoms with E-state index in [0.29, 0.717) is 25.1 Å². The molecule has 2 atom stereocenters. The Morgan fingerprint density at radius 3 is 2.68 bits per heavy atom. The summed E-state index contributed by atoms with van der Waals surface area (Å²) in [5.41, 5.74) is -0.885. The van der Waals surface area contributed by atoms with E-state index in [9.17, 15) is 14.7 Å². The SMILES string of the molecule is CCC1(C(=O)OC(C)(C)C)CN(C(=O)O)CCC1c1ccncc1OCOC. The number of carboxylic acid groups (broad SMARTS) is 1. The number of amides is 1. The molecule has 0 aromatic carbocycles. The lowest BCUT2D eigenvalue weighted by atomic mass is 9.66. The number of esters is 1. The van der Waals surface area contributed by atoms with Crippen LogP contribution in [0.15, 0.2) is 18.5 Å². The van der Waals surface area contributed by atoms with Crippen LogP contribution in [0.25, 0.3) is 0 Å². The van der Waals surface area contributed by atoms with Crippen molar-refractivity contribution in [1.82, 2.24) is 9.88 Å². The van der Waals surface area contributed by atoms with Gasteiger partial charge < -0.3 is 24.2 Å². The first kappa shape index (κ1) is 21.9. The molecule has 0 saturated carbocycles. The minimum atomic E-state index is -1.04. The summed E-state index contributed by atoms with van der Waals surface area (Å²) in [6, 6.07) is 1.82. The molecule has 8 nitrogen and oxygen atoms in total. The van der Waals surface area contributed by atoms with E-state index in [-0.39, 0.29) is 19.3 Å². The highest BCUT2D eigenvalue weighted by Crippen LogP contribution is 2.49. The average Bonchev–Trinajstić information content (AvgIpc) is 2.64. The van der Waals surface area contributed by atoms with Crippen LogP contribution in [0.3, 0.4) is 0 Å². The quantitative estimate of drug-likeness (QED) is 0.584. The van der Waals surface area contributed by atoms with Gasteiger partial charge in [0.2, 0.25) is 0 Å². The van der Waals surface area contributed by atoms with Crippen LogP contribution in [0.1, 0.15) is 52.0 Å². The molecule has 0 aliphatic carbocycles. The largest absolute Gasteiger partial charge is 0.466 e. The second kappa shape index (κ2) is 8.77. The zero-order chi connectivity index (χ0) is 20.9. The van der Waals surface area contributed by atoms with E-state index in [1.807, 2.05) is 13.0 Å². The summed E-state index contributed by atoms with van der Waals surface area (Å²) in [5, 5.41) is 9.53. The predicted molar refractivity (Wildman–Crippen MR) is 102 cm³/mol. The number of hydrogen-bond donors (Lipinski definition) is 1. The van der Waals surface area contributed by atoms with Gasteiger partial charge in [0.25, 0.3) is 0 Å². The highest BCUT2D eigenvalue weighted by Gasteiger charge is 2.52. The van der Waals surface area contributed by atoms with Crippen molar-refractivity contribution in [3.8, 4) is 5.75 Å². The second-order valence-electron chi connectivity index (χ2n) is 8.02. The first-order valence-corrected chi connectivity index (χ1v) is 9.41. The molecule has 8 heteroatoms. The van der Waals surface area contributed by atoms with Gasteiger partial charge in [-0.25, -0.2) is 4.79 Å². The third-order valence-electron chi connectivity index (χ3n) is 5.06. The van der Waals surface area contributed by atoms with Crippen molar-refractivity contribution < 1.29 is 28.9 Å². The van der Waals surface area contributed by atoms with Crippen molar-refractivity contribution in [2.24, 2.45) is 5.41 Å². The Kier molecular flexibility index (Phi) is 6.87. The first-order valence-electron chi connectivity index (χ1n) is 9.41. The zero-order valence-electron chi connectivity index (χ0n) is 17.2. The predicted octanol–water partition coefficient (Wildman–Crippen LogP) is 3.27. The van der Waals surface area contributed by atoms with Crippen LogP contribution >= 0.6 is 0 Å².